The minimum atomic E-state index is 0.324. The van der Waals surface area contributed by atoms with Gasteiger partial charge in [0, 0.05) is 24.2 Å². The number of hydrogen-bond donors (Lipinski definition) is 1. The lowest BCUT2D eigenvalue weighted by atomic mass is 9.98. The van der Waals surface area contributed by atoms with Gasteiger partial charge in [-0.3, -0.25) is 0 Å². The third-order valence-corrected chi connectivity index (χ3v) is 4.57. The first-order chi connectivity index (χ1) is 8.69. The van der Waals surface area contributed by atoms with Crippen molar-refractivity contribution in [1.82, 2.24) is 0 Å². The van der Waals surface area contributed by atoms with Gasteiger partial charge in [-0.15, -0.1) is 0 Å². The lowest BCUT2D eigenvalue weighted by molar-refractivity contribution is 0.453. The first kappa shape index (κ1) is 11.8. The molecule has 1 aromatic carbocycles. The minimum Gasteiger partial charge on any atom is -0.370 e. The van der Waals surface area contributed by atoms with Gasteiger partial charge in [-0.05, 0) is 42.9 Å². The van der Waals surface area contributed by atoms with Crippen molar-refractivity contribution in [2.45, 2.75) is 18.9 Å². The minimum absolute atomic E-state index is 0.324. The largest absolute Gasteiger partial charge is 0.370 e. The Morgan fingerprint density at radius 3 is 2.89 bits per heavy atom. The van der Waals surface area contributed by atoms with Gasteiger partial charge in [-0.2, -0.15) is 5.26 Å². The fourth-order valence-corrected chi connectivity index (χ4v) is 3.53. The molecule has 1 saturated carbocycles. The number of fused-ring (bicyclic) bond motifs is 1. The van der Waals surface area contributed by atoms with E-state index >= 15 is 0 Å². The molecule has 2 N–H and O–H groups in total. The average Bonchev–Trinajstić information content (AvgIpc) is 2.92. The lowest BCUT2D eigenvalue weighted by Crippen LogP contribution is -2.30. The third-order valence-electron chi connectivity index (χ3n) is 4.33. The fraction of sp³-hybridized carbons (Fsp3) is 0.500. The van der Waals surface area contributed by atoms with Crippen LogP contribution in [0.15, 0.2) is 18.2 Å². The van der Waals surface area contributed by atoms with Gasteiger partial charge in [-0.25, -0.2) is 0 Å². The lowest BCUT2D eigenvalue weighted by Gasteiger charge is -2.22. The zero-order chi connectivity index (χ0) is 12.7. The van der Waals surface area contributed by atoms with Crippen molar-refractivity contribution in [2.24, 2.45) is 17.6 Å². The van der Waals surface area contributed by atoms with Crippen LogP contribution in [0.3, 0.4) is 0 Å². The van der Waals surface area contributed by atoms with Crippen molar-refractivity contribution in [3.05, 3.63) is 28.8 Å². The first-order valence-electron chi connectivity index (χ1n) is 6.39. The molecule has 2 fully saturated rings. The van der Waals surface area contributed by atoms with Gasteiger partial charge in [0.1, 0.15) is 6.07 Å². The maximum atomic E-state index is 9.18. The summed E-state index contributed by atoms with van der Waals surface area (Å²) in [6.45, 7) is 1.97. The van der Waals surface area contributed by atoms with Crippen molar-refractivity contribution < 1.29 is 0 Å². The molecule has 1 aliphatic heterocycles. The first-order valence-corrected chi connectivity index (χ1v) is 6.77. The van der Waals surface area contributed by atoms with Crippen LogP contribution in [-0.2, 0) is 0 Å². The maximum Gasteiger partial charge on any atom is 0.101 e. The number of nitriles is 1. The Labute approximate surface area is 112 Å². The van der Waals surface area contributed by atoms with Crippen molar-refractivity contribution in [3.8, 4) is 6.07 Å². The van der Waals surface area contributed by atoms with E-state index in [9.17, 15) is 5.26 Å². The molecule has 1 heterocycles. The fourth-order valence-electron chi connectivity index (χ4n) is 3.37. The Balaban J connectivity index is 1.89. The molecule has 18 heavy (non-hydrogen) atoms. The number of benzene rings is 1. The second-order valence-electron chi connectivity index (χ2n) is 5.34. The normalized spacial score (nSPS) is 30.3. The SMILES string of the molecule is N#Cc1ccc(Cl)cc1N1CC2CCC(N)C2C1. The number of anilines is 1. The number of rotatable bonds is 1. The zero-order valence-electron chi connectivity index (χ0n) is 10.1. The van der Waals surface area contributed by atoms with Crippen LogP contribution in [0, 0.1) is 23.2 Å². The van der Waals surface area contributed by atoms with Crippen LogP contribution in [-0.4, -0.2) is 19.1 Å². The summed E-state index contributed by atoms with van der Waals surface area (Å²) in [5.41, 5.74) is 7.81. The molecule has 3 rings (SSSR count). The summed E-state index contributed by atoms with van der Waals surface area (Å²) < 4.78 is 0. The van der Waals surface area contributed by atoms with E-state index in [4.69, 9.17) is 17.3 Å². The second kappa shape index (κ2) is 4.46. The van der Waals surface area contributed by atoms with E-state index in [2.05, 4.69) is 11.0 Å². The molecule has 1 saturated heterocycles. The number of nitrogens with two attached hydrogens (primary N) is 1. The van der Waals surface area contributed by atoms with E-state index in [-0.39, 0.29) is 0 Å². The molecule has 4 heteroatoms. The van der Waals surface area contributed by atoms with Gasteiger partial charge in [0.15, 0.2) is 0 Å². The molecule has 3 unspecified atom stereocenters. The third kappa shape index (κ3) is 1.86. The summed E-state index contributed by atoms with van der Waals surface area (Å²) in [4.78, 5) is 2.28. The zero-order valence-corrected chi connectivity index (χ0v) is 10.9. The molecule has 0 bridgehead atoms. The smallest absolute Gasteiger partial charge is 0.101 e. The predicted octanol–water partition coefficient (Wildman–Crippen LogP) is 2.39. The monoisotopic (exact) mass is 261 g/mol. The maximum absolute atomic E-state index is 9.18. The summed E-state index contributed by atoms with van der Waals surface area (Å²) >= 11 is 6.04. The Kier molecular flexibility index (Phi) is 2.93. The second-order valence-corrected chi connectivity index (χ2v) is 5.78. The standard InChI is InChI=1S/C14H16ClN3/c15-11-3-1-9(6-16)14(5-11)18-7-10-2-4-13(17)12(10)8-18/h1,3,5,10,12-13H,2,4,7-8,17H2. The van der Waals surface area contributed by atoms with Gasteiger partial charge in [0.2, 0.25) is 0 Å². The van der Waals surface area contributed by atoms with Gasteiger partial charge in [0.25, 0.3) is 0 Å². The summed E-state index contributed by atoms with van der Waals surface area (Å²) in [5, 5.41) is 9.87. The molecule has 1 aliphatic carbocycles. The van der Waals surface area contributed by atoms with E-state index < -0.39 is 0 Å². The summed E-state index contributed by atoms with van der Waals surface area (Å²) in [7, 11) is 0. The highest BCUT2D eigenvalue weighted by Crippen LogP contribution is 2.40. The van der Waals surface area contributed by atoms with Crippen molar-refractivity contribution in [2.75, 3.05) is 18.0 Å². The predicted molar refractivity (Wildman–Crippen MR) is 72.6 cm³/mol. The van der Waals surface area contributed by atoms with Crippen LogP contribution >= 0.6 is 11.6 Å². The molecule has 1 aromatic rings. The van der Waals surface area contributed by atoms with Crippen molar-refractivity contribution in [1.29, 1.82) is 5.26 Å². The Bertz CT molecular complexity index is 508. The van der Waals surface area contributed by atoms with Gasteiger partial charge in [0.05, 0.1) is 11.3 Å². The molecular formula is C14H16ClN3. The Morgan fingerprint density at radius 2 is 2.17 bits per heavy atom. The van der Waals surface area contributed by atoms with Gasteiger partial charge < -0.3 is 10.6 Å². The highest BCUT2D eigenvalue weighted by molar-refractivity contribution is 6.30. The van der Waals surface area contributed by atoms with Gasteiger partial charge in [-0.1, -0.05) is 11.6 Å². The highest BCUT2D eigenvalue weighted by atomic mass is 35.5. The number of halogens is 1. The van der Waals surface area contributed by atoms with Crippen LogP contribution in [0.25, 0.3) is 0 Å². The van der Waals surface area contributed by atoms with Crippen molar-refractivity contribution in [3.63, 3.8) is 0 Å². The quantitative estimate of drug-likeness (QED) is 0.845. The van der Waals surface area contributed by atoms with Gasteiger partial charge >= 0.3 is 0 Å². The van der Waals surface area contributed by atoms with Crippen LogP contribution in [0.5, 0.6) is 0 Å². The molecule has 0 radical (unpaired) electrons. The highest BCUT2D eigenvalue weighted by Gasteiger charge is 2.41. The molecule has 3 nitrogen and oxygen atoms in total. The molecule has 2 aliphatic rings. The molecule has 94 valence electrons. The molecule has 3 atom stereocenters. The van der Waals surface area contributed by atoms with Crippen molar-refractivity contribution >= 4 is 17.3 Å². The van der Waals surface area contributed by atoms with Crippen LogP contribution in [0.1, 0.15) is 18.4 Å². The topological polar surface area (TPSA) is 53.0 Å². The average molecular weight is 262 g/mol. The number of nitrogens with zero attached hydrogens (tertiary/aromatic N) is 2. The number of hydrogen-bond acceptors (Lipinski definition) is 3. The molecule has 0 spiro atoms. The molecule has 0 aromatic heterocycles. The van der Waals surface area contributed by atoms with Crippen LogP contribution < -0.4 is 10.6 Å². The van der Waals surface area contributed by atoms with E-state index in [1.165, 1.54) is 6.42 Å². The molecule has 0 amide bonds. The summed E-state index contributed by atoms with van der Waals surface area (Å²) in [6, 6.07) is 8.03. The van der Waals surface area contributed by atoms with Crippen LogP contribution in [0.2, 0.25) is 5.02 Å². The van der Waals surface area contributed by atoms with E-state index in [1.54, 1.807) is 12.1 Å². The van der Waals surface area contributed by atoms with Crippen LogP contribution in [0.4, 0.5) is 5.69 Å². The van der Waals surface area contributed by atoms with E-state index in [0.29, 0.717) is 28.5 Å². The Hall–Kier alpha value is -1.24. The molecular weight excluding hydrogens is 246 g/mol. The summed E-state index contributed by atoms with van der Waals surface area (Å²) in [6.07, 6.45) is 2.36. The van der Waals surface area contributed by atoms with E-state index in [0.717, 1.165) is 25.2 Å². The van der Waals surface area contributed by atoms with E-state index in [1.807, 2.05) is 6.07 Å². The summed E-state index contributed by atoms with van der Waals surface area (Å²) in [5.74, 6) is 1.26. The Morgan fingerprint density at radius 1 is 1.33 bits per heavy atom.